The lowest BCUT2D eigenvalue weighted by Crippen LogP contribution is -2.36. The number of hydrogen-bond acceptors (Lipinski definition) is 6. The Morgan fingerprint density at radius 3 is 2.52 bits per heavy atom. The van der Waals surface area contributed by atoms with Crippen molar-refractivity contribution < 1.29 is 23.9 Å². The van der Waals surface area contributed by atoms with E-state index < -0.39 is 23.7 Å². The number of nitrogens with zero attached hydrogens (tertiary/aromatic N) is 2. The summed E-state index contributed by atoms with van der Waals surface area (Å²) in [7, 11) is 2.78. The van der Waals surface area contributed by atoms with Crippen LogP contribution in [0.2, 0.25) is 0 Å². The number of alkyl carbamates (subject to hydrolysis) is 1. The van der Waals surface area contributed by atoms with Gasteiger partial charge in [-0.2, -0.15) is 5.10 Å². The topological polar surface area (TPSA) is 99.5 Å². The molecule has 0 saturated heterocycles. The Morgan fingerprint density at radius 1 is 1.43 bits per heavy atom. The van der Waals surface area contributed by atoms with Crippen molar-refractivity contribution in [2.45, 2.75) is 32.4 Å². The molecular weight excluding hydrogens is 278 g/mol. The smallest absolute Gasteiger partial charge is 0.408 e. The summed E-state index contributed by atoms with van der Waals surface area (Å²) >= 11 is 0. The second-order valence-electron chi connectivity index (χ2n) is 5.33. The van der Waals surface area contributed by atoms with Crippen molar-refractivity contribution in [3.05, 3.63) is 17.5 Å². The molecule has 8 nitrogen and oxygen atoms in total. The van der Waals surface area contributed by atoms with Crippen molar-refractivity contribution >= 4 is 18.3 Å². The SMILES string of the molecule is COC(=O)c1cc(C(C=O)NC(=O)OC(C)(C)C)n(C)n1. The van der Waals surface area contributed by atoms with Gasteiger partial charge in [0.15, 0.2) is 5.69 Å². The van der Waals surface area contributed by atoms with Gasteiger partial charge >= 0.3 is 12.1 Å². The lowest BCUT2D eigenvalue weighted by Gasteiger charge is -2.21. The summed E-state index contributed by atoms with van der Waals surface area (Å²) in [4.78, 5) is 34.3. The molecule has 1 amide bonds. The lowest BCUT2D eigenvalue weighted by molar-refractivity contribution is -0.109. The number of carbonyl (C=O) groups is 3. The van der Waals surface area contributed by atoms with E-state index in [2.05, 4.69) is 15.2 Å². The number of aryl methyl sites for hydroxylation is 1. The van der Waals surface area contributed by atoms with Crippen LogP contribution in [0.4, 0.5) is 4.79 Å². The molecule has 0 aliphatic heterocycles. The standard InChI is InChI=1S/C13H19N3O5/c1-13(2,3)21-12(19)14-9(7-17)10-6-8(11(18)20-5)15-16(10)4/h6-7,9H,1-5H3,(H,14,19). The van der Waals surface area contributed by atoms with Gasteiger partial charge < -0.3 is 19.6 Å². The molecule has 21 heavy (non-hydrogen) atoms. The third-order valence-corrected chi connectivity index (χ3v) is 2.44. The predicted octanol–water partition coefficient (Wildman–Crippen LogP) is 0.971. The summed E-state index contributed by atoms with van der Waals surface area (Å²) in [6.07, 6.45) is -0.206. The number of rotatable bonds is 4. The Labute approximate surface area is 122 Å². The quantitative estimate of drug-likeness (QED) is 0.656. The number of esters is 1. The summed E-state index contributed by atoms with van der Waals surface area (Å²) in [6.45, 7) is 5.13. The maximum Gasteiger partial charge on any atom is 0.408 e. The van der Waals surface area contributed by atoms with Crippen LogP contribution in [0.15, 0.2) is 6.07 Å². The normalized spacial score (nSPS) is 12.4. The van der Waals surface area contributed by atoms with E-state index in [1.54, 1.807) is 27.8 Å². The molecule has 1 heterocycles. The van der Waals surface area contributed by atoms with Gasteiger partial charge in [0.05, 0.1) is 12.8 Å². The first-order chi connectivity index (χ1) is 9.67. The van der Waals surface area contributed by atoms with E-state index >= 15 is 0 Å². The van der Waals surface area contributed by atoms with Gasteiger partial charge in [0.2, 0.25) is 0 Å². The zero-order valence-corrected chi connectivity index (χ0v) is 12.7. The zero-order chi connectivity index (χ0) is 16.2. The molecule has 0 radical (unpaired) electrons. The van der Waals surface area contributed by atoms with Gasteiger partial charge in [-0.25, -0.2) is 9.59 Å². The van der Waals surface area contributed by atoms with Crippen molar-refractivity contribution in [3.8, 4) is 0 Å². The summed E-state index contributed by atoms with van der Waals surface area (Å²) in [5.74, 6) is -0.626. The van der Waals surface area contributed by atoms with Gasteiger partial charge in [0.1, 0.15) is 17.9 Å². The fourth-order valence-electron chi connectivity index (χ4n) is 1.59. The largest absolute Gasteiger partial charge is 0.464 e. The summed E-state index contributed by atoms with van der Waals surface area (Å²) in [5, 5.41) is 6.33. The minimum absolute atomic E-state index is 0.0489. The predicted molar refractivity (Wildman–Crippen MR) is 72.7 cm³/mol. The minimum Gasteiger partial charge on any atom is -0.464 e. The molecule has 1 rings (SSSR count). The van der Waals surface area contributed by atoms with Crippen LogP contribution in [0.5, 0.6) is 0 Å². The fourth-order valence-corrected chi connectivity index (χ4v) is 1.59. The van der Waals surface area contributed by atoms with Crippen LogP contribution in [-0.2, 0) is 21.3 Å². The molecule has 0 fully saturated rings. The molecular formula is C13H19N3O5. The average molecular weight is 297 g/mol. The molecule has 1 N–H and O–H groups in total. The van der Waals surface area contributed by atoms with E-state index in [-0.39, 0.29) is 5.69 Å². The first-order valence-corrected chi connectivity index (χ1v) is 6.25. The minimum atomic E-state index is -0.976. The molecule has 116 valence electrons. The highest BCUT2D eigenvalue weighted by molar-refractivity contribution is 5.87. The Hall–Kier alpha value is -2.38. The number of aldehydes is 1. The molecule has 0 saturated carbocycles. The van der Waals surface area contributed by atoms with E-state index in [0.29, 0.717) is 12.0 Å². The highest BCUT2D eigenvalue weighted by atomic mass is 16.6. The van der Waals surface area contributed by atoms with Gasteiger partial charge in [0, 0.05) is 7.05 Å². The van der Waals surface area contributed by atoms with Crippen molar-refractivity contribution in [1.82, 2.24) is 15.1 Å². The monoisotopic (exact) mass is 297 g/mol. The third kappa shape index (κ3) is 4.59. The van der Waals surface area contributed by atoms with Crippen LogP contribution in [0.1, 0.15) is 43.0 Å². The molecule has 0 aliphatic carbocycles. The molecule has 1 aromatic rings. The maximum atomic E-state index is 11.7. The molecule has 0 aromatic carbocycles. The van der Waals surface area contributed by atoms with Gasteiger partial charge in [-0.15, -0.1) is 0 Å². The van der Waals surface area contributed by atoms with Crippen LogP contribution in [0, 0.1) is 0 Å². The first-order valence-electron chi connectivity index (χ1n) is 6.25. The molecule has 8 heteroatoms. The number of methoxy groups -OCH3 is 1. The molecule has 1 aromatic heterocycles. The number of nitrogens with one attached hydrogen (secondary N) is 1. The van der Waals surface area contributed by atoms with Gasteiger partial charge in [-0.05, 0) is 26.8 Å². The van der Waals surface area contributed by atoms with Crippen molar-refractivity contribution in [3.63, 3.8) is 0 Å². The number of amides is 1. The van der Waals surface area contributed by atoms with E-state index in [9.17, 15) is 14.4 Å². The van der Waals surface area contributed by atoms with Crippen molar-refractivity contribution in [2.24, 2.45) is 7.05 Å². The van der Waals surface area contributed by atoms with Crippen molar-refractivity contribution in [2.75, 3.05) is 7.11 Å². The zero-order valence-electron chi connectivity index (χ0n) is 12.7. The van der Waals surface area contributed by atoms with Crippen LogP contribution in [-0.4, -0.2) is 40.8 Å². The fraction of sp³-hybridized carbons (Fsp3) is 0.538. The number of carbonyl (C=O) groups excluding carboxylic acids is 3. The Bertz CT molecular complexity index is 544. The van der Waals surface area contributed by atoms with E-state index in [4.69, 9.17) is 4.74 Å². The third-order valence-electron chi connectivity index (χ3n) is 2.44. The summed E-state index contributed by atoms with van der Waals surface area (Å²) < 4.78 is 10.9. The Balaban J connectivity index is 2.90. The highest BCUT2D eigenvalue weighted by Crippen LogP contribution is 2.14. The second-order valence-corrected chi connectivity index (χ2v) is 5.33. The van der Waals surface area contributed by atoms with E-state index in [1.165, 1.54) is 17.9 Å². The number of ether oxygens (including phenoxy) is 2. The van der Waals surface area contributed by atoms with Crippen molar-refractivity contribution in [1.29, 1.82) is 0 Å². The molecule has 0 bridgehead atoms. The number of hydrogen-bond donors (Lipinski definition) is 1. The highest BCUT2D eigenvalue weighted by Gasteiger charge is 2.24. The maximum absolute atomic E-state index is 11.7. The molecule has 0 spiro atoms. The first kappa shape index (κ1) is 16.7. The summed E-state index contributed by atoms with van der Waals surface area (Å²) in [5.41, 5.74) is -0.287. The van der Waals surface area contributed by atoms with Crippen LogP contribution < -0.4 is 5.32 Å². The Kier molecular flexibility index (Phi) is 5.07. The summed E-state index contributed by atoms with van der Waals surface area (Å²) in [6, 6.07) is 0.401. The van der Waals surface area contributed by atoms with Gasteiger partial charge in [-0.1, -0.05) is 0 Å². The lowest BCUT2D eigenvalue weighted by atomic mass is 10.2. The Morgan fingerprint density at radius 2 is 2.05 bits per heavy atom. The van der Waals surface area contributed by atoms with E-state index in [0.717, 1.165) is 0 Å². The van der Waals surface area contributed by atoms with Crippen LogP contribution in [0.3, 0.4) is 0 Å². The molecule has 1 atom stereocenters. The van der Waals surface area contributed by atoms with Gasteiger partial charge in [-0.3, -0.25) is 4.68 Å². The van der Waals surface area contributed by atoms with Gasteiger partial charge in [0.25, 0.3) is 0 Å². The molecule has 0 aliphatic rings. The second kappa shape index (κ2) is 6.38. The van der Waals surface area contributed by atoms with Crippen LogP contribution >= 0.6 is 0 Å². The average Bonchev–Trinajstić information content (AvgIpc) is 2.75. The van der Waals surface area contributed by atoms with Crippen LogP contribution in [0.25, 0.3) is 0 Å². The number of aromatic nitrogens is 2. The molecule has 1 unspecified atom stereocenters. The van der Waals surface area contributed by atoms with E-state index in [1.807, 2.05) is 0 Å².